The van der Waals surface area contributed by atoms with Crippen LogP contribution < -0.4 is 0 Å². The lowest BCUT2D eigenvalue weighted by Gasteiger charge is -2.38. The second-order valence-electron chi connectivity index (χ2n) is 5.82. The number of hydrogen-bond acceptors (Lipinski definition) is 2. The first-order chi connectivity index (χ1) is 6.32. The Morgan fingerprint density at radius 1 is 1.15 bits per heavy atom. The molecule has 6 aliphatic rings. The predicted octanol–water partition coefficient (Wildman–Crippen LogP) is 0.629. The van der Waals surface area contributed by atoms with E-state index in [9.17, 15) is 10.4 Å². The van der Waals surface area contributed by atoms with Gasteiger partial charge < -0.3 is 5.11 Å². The van der Waals surface area contributed by atoms with Crippen LogP contribution in [0.5, 0.6) is 0 Å². The molecule has 6 saturated carbocycles. The summed E-state index contributed by atoms with van der Waals surface area (Å²) in [4.78, 5) is 0. The maximum absolute atomic E-state index is 9.91. The summed E-state index contributed by atoms with van der Waals surface area (Å²) in [6, 6.07) is 2.61. The third kappa shape index (κ3) is 0.321. The highest BCUT2D eigenvalue weighted by Gasteiger charge is 2.97. The highest BCUT2D eigenvalue weighted by atomic mass is 16.3. The number of nitriles is 1. The van der Waals surface area contributed by atoms with Gasteiger partial charge in [0.15, 0.2) is 0 Å². The molecular formula is C11H11NO. The lowest BCUT2D eigenvalue weighted by atomic mass is 9.69. The molecule has 13 heavy (non-hydrogen) atoms. The van der Waals surface area contributed by atoms with E-state index in [-0.39, 0.29) is 11.5 Å². The van der Waals surface area contributed by atoms with Gasteiger partial charge in [-0.2, -0.15) is 5.26 Å². The van der Waals surface area contributed by atoms with Gasteiger partial charge in [0.25, 0.3) is 0 Å². The number of nitrogens with zero attached hydrogens (tertiary/aromatic N) is 1. The summed E-state index contributed by atoms with van der Waals surface area (Å²) in [5, 5.41) is 19.2. The SMILES string of the molecule is N#CC12C3C4C5C[C@@H](O)C(C43)C1C52. The molecule has 9 atom stereocenters. The van der Waals surface area contributed by atoms with E-state index in [1.807, 2.05) is 0 Å². The van der Waals surface area contributed by atoms with Crippen LogP contribution in [-0.2, 0) is 0 Å². The molecule has 8 unspecified atom stereocenters. The van der Waals surface area contributed by atoms with Crippen LogP contribution in [0.4, 0.5) is 0 Å². The number of aliphatic hydroxyl groups is 1. The Morgan fingerprint density at radius 3 is 2.54 bits per heavy atom. The second kappa shape index (κ2) is 1.26. The first-order valence-electron chi connectivity index (χ1n) is 5.41. The molecule has 0 spiro atoms. The summed E-state index contributed by atoms with van der Waals surface area (Å²) in [6.07, 6.45) is 0.975. The van der Waals surface area contributed by atoms with Crippen LogP contribution in [0.3, 0.4) is 0 Å². The van der Waals surface area contributed by atoms with Crippen molar-refractivity contribution in [3.05, 3.63) is 0 Å². The smallest absolute Gasteiger partial charge is 0.0699 e. The molecular weight excluding hydrogens is 162 g/mol. The number of aliphatic hydroxyl groups excluding tert-OH is 1. The fourth-order valence-electron chi connectivity index (χ4n) is 6.07. The minimum atomic E-state index is -0.0461. The van der Waals surface area contributed by atoms with Gasteiger partial charge in [0.1, 0.15) is 0 Å². The minimum Gasteiger partial charge on any atom is -0.393 e. The molecule has 0 radical (unpaired) electrons. The number of hydrogen-bond donors (Lipinski definition) is 1. The molecule has 2 nitrogen and oxygen atoms in total. The predicted molar refractivity (Wildman–Crippen MR) is 43.1 cm³/mol. The molecule has 2 heteroatoms. The highest BCUT2D eigenvalue weighted by molar-refractivity contribution is 5.47. The van der Waals surface area contributed by atoms with Crippen molar-refractivity contribution in [2.24, 2.45) is 46.8 Å². The van der Waals surface area contributed by atoms with Crippen LogP contribution in [0.1, 0.15) is 6.42 Å². The van der Waals surface area contributed by atoms with Gasteiger partial charge in [0, 0.05) is 0 Å². The topological polar surface area (TPSA) is 44.0 Å². The second-order valence-corrected chi connectivity index (χ2v) is 5.82. The molecule has 0 aromatic heterocycles. The monoisotopic (exact) mass is 173 g/mol. The normalized spacial score (nSPS) is 83.7. The van der Waals surface area contributed by atoms with E-state index in [1.165, 1.54) is 0 Å². The van der Waals surface area contributed by atoms with Crippen molar-refractivity contribution in [3.63, 3.8) is 0 Å². The molecule has 0 aromatic rings. The van der Waals surface area contributed by atoms with Crippen LogP contribution in [0.2, 0.25) is 0 Å². The molecule has 0 aliphatic heterocycles. The zero-order valence-corrected chi connectivity index (χ0v) is 7.22. The van der Waals surface area contributed by atoms with Crippen LogP contribution in [0.25, 0.3) is 0 Å². The average Bonchev–Trinajstić information content (AvgIpc) is 2.94. The van der Waals surface area contributed by atoms with Crippen molar-refractivity contribution in [2.45, 2.75) is 12.5 Å². The van der Waals surface area contributed by atoms with E-state index in [0.29, 0.717) is 11.8 Å². The Kier molecular flexibility index (Phi) is 0.587. The fourth-order valence-corrected chi connectivity index (χ4v) is 6.07. The van der Waals surface area contributed by atoms with E-state index >= 15 is 0 Å². The van der Waals surface area contributed by atoms with E-state index < -0.39 is 0 Å². The molecule has 6 fully saturated rings. The maximum atomic E-state index is 9.91. The fraction of sp³-hybridized carbons (Fsp3) is 0.909. The van der Waals surface area contributed by atoms with Crippen molar-refractivity contribution in [1.82, 2.24) is 0 Å². The molecule has 0 aromatic carbocycles. The Balaban J connectivity index is 1.81. The Labute approximate surface area is 76.5 Å². The van der Waals surface area contributed by atoms with E-state index in [2.05, 4.69) is 6.07 Å². The summed E-state index contributed by atoms with van der Waals surface area (Å²) in [7, 11) is 0. The molecule has 66 valence electrons. The first kappa shape index (κ1) is 6.03. The van der Waals surface area contributed by atoms with E-state index in [0.717, 1.165) is 36.0 Å². The maximum Gasteiger partial charge on any atom is 0.0699 e. The Bertz CT molecular complexity index is 382. The lowest BCUT2D eigenvalue weighted by Crippen LogP contribution is -2.39. The molecule has 6 aliphatic carbocycles. The third-order valence-corrected chi connectivity index (χ3v) is 6.03. The molecule has 0 amide bonds. The zero-order chi connectivity index (χ0) is 8.53. The van der Waals surface area contributed by atoms with Crippen molar-refractivity contribution in [1.29, 1.82) is 5.26 Å². The van der Waals surface area contributed by atoms with Crippen LogP contribution in [0, 0.1) is 58.2 Å². The Hall–Kier alpha value is -0.550. The van der Waals surface area contributed by atoms with Gasteiger partial charge in [0.2, 0.25) is 0 Å². The van der Waals surface area contributed by atoms with Gasteiger partial charge in [-0.15, -0.1) is 0 Å². The van der Waals surface area contributed by atoms with Crippen molar-refractivity contribution < 1.29 is 5.11 Å². The van der Waals surface area contributed by atoms with Crippen molar-refractivity contribution in [3.8, 4) is 6.07 Å². The highest BCUT2D eigenvalue weighted by Crippen LogP contribution is 2.96. The van der Waals surface area contributed by atoms with Gasteiger partial charge in [-0.3, -0.25) is 0 Å². The molecule has 1 N–H and O–H groups in total. The van der Waals surface area contributed by atoms with Gasteiger partial charge in [-0.1, -0.05) is 0 Å². The van der Waals surface area contributed by atoms with Crippen molar-refractivity contribution in [2.75, 3.05) is 0 Å². The van der Waals surface area contributed by atoms with Crippen LogP contribution in [-0.4, -0.2) is 11.2 Å². The number of fused-ring (bicyclic) bond motifs is 1. The third-order valence-electron chi connectivity index (χ3n) is 6.03. The summed E-state index contributed by atoms with van der Waals surface area (Å²) in [5.74, 6) is 5.05. The van der Waals surface area contributed by atoms with E-state index in [4.69, 9.17) is 0 Å². The lowest BCUT2D eigenvalue weighted by molar-refractivity contribution is -0.0127. The molecule has 6 rings (SSSR count). The first-order valence-corrected chi connectivity index (χ1v) is 5.41. The molecule has 0 saturated heterocycles. The van der Waals surface area contributed by atoms with Gasteiger partial charge >= 0.3 is 0 Å². The summed E-state index contributed by atoms with van der Waals surface area (Å²) in [6.45, 7) is 0. The largest absolute Gasteiger partial charge is 0.393 e. The van der Waals surface area contributed by atoms with Gasteiger partial charge in [-0.05, 0) is 47.8 Å². The zero-order valence-electron chi connectivity index (χ0n) is 7.22. The van der Waals surface area contributed by atoms with E-state index in [1.54, 1.807) is 0 Å². The Morgan fingerprint density at radius 2 is 2.00 bits per heavy atom. The minimum absolute atomic E-state index is 0.0461. The number of rotatable bonds is 0. The quantitative estimate of drug-likeness (QED) is 0.584. The average molecular weight is 173 g/mol. The van der Waals surface area contributed by atoms with Crippen molar-refractivity contribution >= 4 is 0 Å². The molecule has 0 heterocycles. The van der Waals surface area contributed by atoms with Crippen LogP contribution >= 0.6 is 0 Å². The van der Waals surface area contributed by atoms with Gasteiger partial charge in [-0.25, -0.2) is 0 Å². The summed E-state index contributed by atoms with van der Waals surface area (Å²) < 4.78 is 0. The standard InChI is InChI=1S/C11H11NO/c12-2-11-8-3-1-4(13)6(10(8)11)7-5(3)9(7)11/h3-10,13H,1H2/t3?,4-,5?,6?,7?,8?,9?,10?,11?/m1/s1. The summed E-state index contributed by atoms with van der Waals surface area (Å²) >= 11 is 0. The summed E-state index contributed by atoms with van der Waals surface area (Å²) in [5.41, 5.74) is 0.0994. The van der Waals surface area contributed by atoms with Crippen LogP contribution in [0.15, 0.2) is 0 Å². The van der Waals surface area contributed by atoms with Gasteiger partial charge in [0.05, 0.1) is 17.6 Å². The molecule has 2 bridgehead atoms.